The van der Waals surface area contributed by atoms with Gasteiger partial charge in [0.1, 0.15) is 19.8 Å². The Morgan fingerprint density at radius 2 is 1.29 bits per heavy atom. The predicted octanol–water partition coefficient (Wildman–Crippen LogP) is 5.39. The van der Waals surface area contributed by atoms with E-state index in [4.69, 9.17) is 18.5 Å². The lowest BCUT2D eigenvalue weighted by Gasteiger charge is -2.24. The van der Waals surface area contributed by atoms with Gasteiger partial charge in [-0.15, -0.1) is 0 Å². The molecule has 0 saturated heterocycles. The Morgan fingerprint density at radius 3 is 1.86 bits per heavy atom. The predicted molar refractivity (Wildman–Crippen MR) is 137 cm³/mol. The number of likely N-dealkylation sites (N-methyl/N-ethyl adjacent to an activating group) is 1. The second-order valence-electron chi connectivity index (χ2n) is 10.1. The van der Waals surface area contributed by atoms with Crippen molar-refractivity contribution < 1.29 is 42.1 Å². The summed E-state index contributed by atoms with van der Waals surface area (Å²) in [4.78, 5) is 34.3. The van der Waals surface area contributed by atoms with Crippen LogP contribution in [0.5, 0.6) is 0 Å². The van der Waals surface area contributed by atoms with Crippen LogP contribution in [0.15, 0.2) is 0 Å². The van der Waals surface area contributed by atoms with E-state index < -0.39 is 26.5 Å². The number of nitrogens with zero attached hydrogens (tertiary/aromatic N) is 1. The number of hydrogen-bond acceptors (Lipinski definition) is 7. The van der Waals surface area contributed by atoms with E-state index >= 15 is 0 Å². The van der Waals surface area contributed by atoms with Crippen LogP contribution < -0.4 is 0 Å². The molecule has 0 heterocycles. The summed E-state index contributed by atoms with van der Waals surface area (Å²) in [5.74, 6) is -0.828. The lowest BCUT2D eigenvalue weighted by atomic mass is 10.1. The average Bonchev–Trinajstić information content (AvgIpc) is 2.77. The van der Waals surface area contributed by atoms with E-state index in [0.717, 1.165) is 38.5 Å². The van der Waals surface area contributed by atoms with E-state index in [2.05, 4.69) is 13.8 Å². The first-order valence-corrected chi connectivity index (χ1v) is 14.8. The number of quaternary nitrogens is 1. The highest BCUT2D eigenvalue weighted by Crippen LogP contribution is 2.43. The third kappa shape index (κ3) is 23.2. The minimum atomic E-state index is -4.33. The van der Waals surface area contributed by atoms with E-state index in [1.165, 1.54) is 25.7 Å². The summed E-state index contributed by atoms with van der Waals surface area (Å²) in [5, 5.41) is 0. The minimum Gasteiger partial charge on any atom is -0.462 e. The molecule has 0 aromatic carbocycles. The number of phosphoric ester groups is 1. The molecule has 0 aromatic heterocycles. The van der Waals surface area contributed by atoms with Gasteiger partial charge in [-0.25, -0.2) is 4.57 Å². The number of unbranched alkanes of at least 4 members (excludes halogenated alkanes) is 9. The monoisotopic (exact) mass is 524 g/mol. The number of rotatable bonds is 23. The van der Waals surface area contributed by atoms with Gasteiger partial charge in [-0.1, -0.05) is 71.6 Å². The van der Waals surface area contributed by atoms with Gasteiger partial charge in [0, 0.05) is 12.8 Å². The molecule has 0 rings (SSSR count). The van der Waals surface area contributed by atoms with Gasteiger partial charge in [0.2, 0.25) is 0 Å². The van der Waals surface area contributed by atoms with E-state index in [1.54, 1.807) is 0 Å². The quantitative estimate of drug-likeness (QED) is 0.0820. The fraction of sp³-hybridized carbons (Fsp3) is 0.920. The van der Waals surface area contributed by atoms with Crippen LogP contribution in [0.25, 0.3) is 0 Å². The number of carbonyl (C=O) groups is 2. The lowest BCUT2D eigenvalue weighted by Crippen LogP contribution is -2.37. The van der Waals surface area contributed by atoms with Crippen molar-refractivity contribution in [3.05, 3.63) is 0 Å². The summed E-state index contributed by atoms with van der Waals surface area (Å²) >= 11 is 0. The van der Waals surface area contributed by atoms with Crippen LogP contribution in [0.2, 0.25) is 0 Å². The molecule has 0 spiro atoms. The van der Waals surface area contributed by atoms with E-state index in [0.29, 0.717) is 23.9 Å². The maximum atomic E-state index is 12.2. The van der Waals surface area contributed by atoms with Crippen molar-refractivity contribution in [2.75, 3.05) is 47.5 Å². The van der Waals surface area contributed by atoms with Crippen molar-refractivity contribution in [3.63, 3.8) is 0 Å². The van der Waals surface area contributed by atoms with Crippen molar-refractivity contribution in [2.24, 2.45) is 0 Å². The molecule has 0 aliphatic heterocycles. The molecule has 0 aromatic rings. The highest BCUT2D eigenvalue weighted by molar-refractivity contribution is 7.47. The third-order valence-corrected chi connectivity index (χ3v) is 6.37. The van der Waals surface area contributed by atoms with Crippen molar-refractivity contribution in [1.82, 2.24) is 0 Å². The molecule has 0 radical (unpaired) electrons. The number of phosphoric acid groups is 1. The van der Waals surface area contributed by atoms with Gasteiger partial charge in [0.15, 0.2) is 6.10 Å². The largest absolute Gasteiger partial charge is 0.472 e. The van der Waals surface area contributed by atoms with Gasteiger partial charge in [0.05, 0.1) is 27.7 Å². The molecule has 1 unspecified atom stereocenters. The molecule has 208 valence electrons. The van der Waals surface area contributed by atoms with E-state index in [1.807, 2.05) is 21.1 Å². The number of ether oxygens (including phenoxy) is 2. The first kappa shape index (κ1) is 34.0. The first-order valence-electron chi connectivity index (χ1n) is 13.3. The fourth-order valence-electron chi connectivity index (χ4n) is 3.19. The molecule has 0 saturated carbocycles. The maximum Gasteiger partial charge on any atom is 0.472 e. The number of carbonyl (C=O) groups excluding carboxylic acids is 2. The molecule has 0 fully saturated rings. The van der Waals surface area contributed by atoms with Crippen LogP contribution in [0, 0.1) is 0 Å². The zero-order valence-corrected chi connectivity index (χ0v) is 23.7. The summed E-state index contributed by atoms with van der Waals surface area (Å²) in [6.45, 7) is 4.19. The summed E-state index contributed by atoms with van der Waals surface area (Å²) in [5.41, 5.74) is 0. The first-order chi connectivity index (χ1) is 16.5. The normalized spacial score (nSPS) is 14.3. The van der Waals surface area contributed by atoms with Gasteiger partial charge in [-0.2, -0.15) is 0 Å². The zero-order valence-electron chi connectivity index (χ0n) is 22.8. The van der Waals surface area contributed by atoms with Gasteiger partial charge < -0.3 is 18.9 Å². The SMILES string of the molecule is CCCCCCCCCC(=O)OC[C@@H](COP(=O)(O)OCC[N+](C)(C)C)OC(=O)CCCCCC. The number of esters is 2. The molecule has 9 nitrogen and oxygen atoms in total. The highest BCUT2D eigenvalue weighted by atomic mass is 31.2. The Bertz CT molecular complexity index is 609. The molecule has 10 heteroatoms. The van der Waals surface area contributed by atoms with Crippen LogP contribution >= 0.6 is 7.82 Å². The molecule has 0 amide bonds. The second kappa shape index (κ2) is 20.1. The van der Waals surface area contributed by atoms with Gasteiger partial charge in [-0.05, 0) is 12.8 Å². The Kier molecular flexibility index (Phi) is 19.5. The molecular formula is C25H51NO8P+. The third-order valence-electron chi connectivity index (χ3n) is 5.39. The van der Waals surface area contributed by atoms with E-state index in [-0.39, 0.29) is 25.6 Å². The van der Waals surface area contributed by atoms with Gasteiger partial charge in [0.25, 0.3) is 0 Å². The number of hydrogen-bond donors (Lipinski definition) is 1. The Morgan fingerprint density at radius 1 is 0.771 bits per heavy atom. The molecular weight excluding hydrogens is 473 g/mol. The van der Waals surface area contributed by atoms with Gasteiger partial charge in [-0.3, -0.25) is 18.6 Å². The van der Waals surface area contributed by atoms with Gasteiger partial charge >= 0.3 is 19.8 Å². The van der Waals surface area contributed by atoms with Crippen LogP contribution in [0.1, 0.15) is 97.3 Å². The summed E-state index contributed by atoms with van der Waals surface area (Å²) in [7, 11) is 1.47. The Labute approximate surface area is 213 Å². The molecule has 0 aliphatic carbocycles. The second-order valence-corrected chi connectivity index (χ2v) is 11.5. The lowest BCUT2D eigenvalue weighted by molar-refractivity contribution is -0.870. The highest BCUT2D eigenvalue weighted by Gasteiger charge is 2.27. The standard InChI is InChI=1S/C25H50NO8P/c1-6-8-10-12-13-14-16-17-24(27)31-21-23(34-25(28)18-15-11-9-7-2)22-33-35(29,30)32-20-19-26(3,4)5/h23H,6-22H2,1-5H3/p+1/t23-/m0/s1. The Balaban J connectivity index is 4.56. The van der Waals surface area contributed by atoms with Crippen LogP contribution in [-0.4, -0.2) is 74.9 Å². The van der Waals surface area contributed by atoms with Crippen molar-refractivity contribution in [2.45, 2.75) is 103 Å². The molecule has 2 atom stereocenters. The van der Waals surface area contributed by atoms with E-state index in [9.17, 15) is 19.0 Å². The Hall–Kier alpha value is -0.990. The molecule has 1 N–H and O–H groups in total. The fourth-order valence-corrected chi connectivity index (χ4v) is 3.93. The molecule has 0 aliphatic rings. The van der Waals surface area contributed by atoms with Crippen molar-refractivity contribution in [1.29, 1.82) is 0 Å². The van der Waals surface area contributed by atoms with Crippen molar-refractivity contribution >= 4 is 19.8 Å². The summed E-state index contributed by atoms with van der Waals surface area (Å²) in [6, 6.07) is 0. The topological polar surface area (TPSA) is 108 Å². The maximum absolute atomic E-state index is 12.2. The average molecular weight is 525 g/mol. The van der Waals surface area contributed by atoms with Crippen LogP contribution in [0.4, 0.5) is 0 Å². The minimum absolute atomic E-state index is 0.0343. The van der Waals surface area contributed by atoms with Crippen LogP contribution in [-0.2, 0) is 32.7 Å². The molecule has 0 bridgehead atoms. The van der Waals surface area contributed by atoms with Crippen molar-refractivity contribution in [3.8, 4) is 0 Å². The smallest absolute Gasteiger partial charge is 0.462 e. The summed E-state index contributed by atoms with van der Waals surface area (Å²) in [6.07, 6.45) is 10.9. The summed E-state index contributed by atoms with van der Waals surface area (Å²) < 4.78 is 33.5. The van der Waals surface area contributed by atoms with Crippen LogP contribution in [0.3, 0.4) is 0 Å². The molecule has 35 heavy (non-hydrogen) atoms. The zero-order chi connectivity index (χ0) is 26.6.